The fraction of sp³-hybridized carbons (Fsp3) is 0.381. The molecular formula is C21H23ClN2O4S. The van der Waals surface area contributed by atoms with Gasteiger partial charge in [-0.3, -0.25) is 4.79 Å². The Morgan fingerprint density at radius 3 is 2.52 bits per heavy atom. The van der Waals surface area contributed by atoms with Crippen molar-refractivity contribution >= 4 is 33.2 Å². The second-order valence-electron chi connectivity index (χ2n) is 7.57. The molecular weight excluding hydrogens is 412 g/mol. The van der Waals surface area contributed by atoms with E-state index in [2.05, 4.69) is 5.32 Å². The summed E-state index contributed by atoms with van der Waals surface area (Å²) in [7, 11) is -3.76. The molecule has 2 aromatic rings. The maximum atomic E-state index is 13.0. The number of hydrogen-bond donors (Lipinski definition) is 1. The molecule has 0 unspecified atom stereocenters. The van der Waals surface area contributed by atoms with E-state index in [1.54, 1.807) is 6.07 Å². The first-order valence-corrected chi connectivity index (χ1v) is 11.4. The van der Waals surface area contributed by atoms with E-state index in [4.69, 9.17) is 16.3 Å². The minimum absolute atomic E-state index is 0.000677. The first kappa shape index (κ1) is 20.3. The second kappa shape index (κ2) is 7.72. The normalized spacial score (nSPS) is 19.0. The Balaban J connectivity index is 1.59. The topological polar surface area (TPSA) is 75.7 Å². The van der Waals surface area contributed by atoms with Crippen molar-refractivity contribution in [2.75, 3.05) is 31.6 Å². The van der Waals surface area contributed by atoms with Gasteiger partial charge in [0.15, 0.2) is 0 Å². The third-order valence-corrected chi connectivity index (χ3v) is 7.91. The van der Waals surface area contributed by atoms with Gasteiger partial charge in [-0.05, 0) is 43.5 Å². The van der Waals surface area contributed by atoms with Crippen LogP contribution in [0.4, 0.5) is 5.69 Å². The van der Waals surface area contributed by atoms with Gasteiger partial charge in [0.05, 0.1) is 23.7 Å². The van der Waals surface area contributed by atoms with Crippen LogP contribution in [0.3, 0.4) is 0 Å². The molecule has 6 nitrogen and oxygen atoms in total. The lowest BCUT2D eigenvalue weighted by Gasteiger charge is -2.26. The highest BCUT2D eigenvalue weighted by molar-refractivity contribution is 7.89. The van der Waals surface area contributed by atoms with E-state index in [-0.39, 0.29) is 28.9 Å². The molecule has 2 aromatic carbocycles. The first-order chi connectivity index (χ1) is 13.8. The Hall–Kier alpha value is -1.93. The molecule has 0 spiro atoms. The van der Waals surface area contributed by atoms with Crippen LogP contribution in [-0.4, -0.2) is 44.9 Å². The van der Waals surface area contributed by atoms with Crippen LogP contribution >= 0.6 is 11.6 Å². The van der Waals surface area contributed by atoms with Gasteiger partial charge in [-0.2, -0.15) is 4.31 Å². The smallest absolute Gasteiger partial charge is 0.244 e. The Kier molecular flexibility index (Phi) is 5.42. The van der Waals surface area contributed by atoms with Gasteiger partial charge in [-0.25, -0.2) is 8.42 Å². The molecule has 1 N–H and O–H groups in total. The van der Waals surface area contributed by atoms with Gasteiger partial charge in [0, 0.05) is 18.8 Å². The molecule has 4 rings (SSSR count). The number of aryl methyl sites for hydroxylation is 1. The van der Waals surface area contributed by atoms with Gasteiger partial charge >= 0.3 is 0 Å². The van der Waals surface area contributed by atoms with Gasteiger partial charge in [0.25, 0.3) is 0 Å². The van der Waals surface area contributed by atoms with Crippen LogP contribution in [0.5, 0.6) is 0 Å². The molecule has 2 fully saturated rings. The quantitative estimate of drug-likeness (QED) is 0.783. The highest BCUT2D eigenvalue weighted by Crippen LogP contribution is 2.49. The SMILES string of the molecule is Cc1cccc(C2(C(=O)Nc3ccc(Cl)c(S(=O)(=O)N4CCOCC4)c3)CC2)c1. The predicted molar refractivity (Wildman–Crippen MR) is 112 cm³/mol. The number of nitrogens with one attached hydrogen (secondary N) is 1. The molecule has 1 saturated heterocycles. The molecule has 0 radical (unpaired) electrons. The molecule has 29 heavy (non-hydrogen) atoms. The van der Waals surface area contributed by atoms with Crippen molar-refractivity contribution in [1.29, 1.82) is 0 Å². The van der Waals surface area contributed by atoms with E-state index in [9.17, 15) is 13.2 Å². The van der Waals surface area contributed by atoms with Crippen LogP contribution in [0.2, 0.25) is 5.02 Å². The number of ether oxygens (including phenoxy) is 1. The third-order valence-electron chi connectivity index (χ3n) is 5.53. The van der Waals surface area contributed by atoms with Crippen molar-refractivity contribution in [3.63, 3.8) is 0 Å². The summed E-state index contributed by atoms with van der Waals surface area (Å²) in [4.78, 5) is 13.0. The van der Waals surface area contributed by atoms with Crippen molar-refractivity contribution in [2.24, 2.45) is 0 Å². The Morgan fingerprint density at radius 2 is 1.86 bits per heavy atom. The minimum Gasteiger partial charge on any atom is -0.379 e. The molecule has 1 amide bonds. The summed E-state index contributed by atoms with van der Waals surface area (Å²) in [6.07, 6.45) is 1.55. The molecule has 154 valence electrons. The van der Waals surface area contributed by atoms with Crippen molar-refractivity contribution in [2.45, 2.75) is 30.1 Å². The lowest BCUT2D eigenvalue weighted by Crippen LogP contribution is -2.40. The van der Waals surface area contributed by atoms with E-state index in [0.29, 0.717) is 18.9 Å². The van der Waals surface area contributed by atoms with Crippen LogP contribution < -0.4 is 5.32 Å². The van der Waals surface area contributed by atoms with E-state index in [0.717, 1.165) is 24.0 Å². The summed E-state index contributed by atoms with van der Waals surface area (Å²) in [5, 5.41) is 3.03. The number of amides is 1. The summed E-state index contributed by atoms with van der Waals surface area (Å²) >= 11 is 6.20. The Labute approximate surface area is 175 Å². The molecule has 1 saturated carbocycles. The molecule has 2 aliphatic rings. The number of carbonyl (C=O) groups excluding carboxylic acids is 1. The van der Waals surface area contributed by atoms with Crippen LogP contribution in [0, 0.1) is 6.92 Å². The average molecular weight is 435 g/mol. The molecule has 1 heterocycles. The number of nitrogens with zero attached hydrogens (tertiary/aromatic N) is 1. The van der Waals surface area contributed by atoms with E-state index < -0.39 is 15.4 Å². The zero-order valence-corrected chi connectivity index (χ0v) is 17.7. The number of hydrogen-bond acceptors (Lipinski definition) is 4. The number of halogens is 1. The summed E-state index contributed by atoms with van der Waals surface area (Å²) in [6.45, 7) is 3.27. The zero-order valence-electron chi connectivity index (χ0n) is 16.2. The van der Waals surface area contributed by atoms with E-state index >= 15 is 0 Å². The highest BCUT2D eigenvalue weighted by Gasteiger charge is 2.51. The Bertz CT molecular complexity index is 1040. The summed E-state index contributed by atoms with van der Waals surface area (Å²) in [5.41, 5.74) is 1.97. The average Bonchev–Trinajstić information content (AvgIpc) is 3.52. The Morgan fingerprint density at radius 1 is 1.14 bits per heavy atom. The first-order valence-electron chi connectivity index (χ1n) is 9.59. The number of benzene rings is 2. The third kappa shape index (κ3) is 3.92. The molecule has 1 aliphatic heterocycles. The number of morpholine rings is 1. The predicted octanol–water partition coefficient (Wildman–Crippen LogP) is 3.34. The molecule has 0 atom stereocenters. The number of rotatable bonds is 5. The summed E-state index contributed by atoms with van der Waals surface area (Å²) in [5.74, 6) is -0.125. The van der Waals surface area contributed by atoms with Crippen LogP contribution in [0.1, 0.15) is 24.0 Å². The van der Waals surface area contributed by atoms with Gasteiger partial charge in [0.1, 0.15) is 4.90 Å². The molecule has 0 bridgehead atoms. The van der Waals surface area contributed by atoms with Gasteiger partial charge in [-0.1, -0.05) is 41.4 Å². The van der Waals surface area contributed by atoms with Gasteiger partial charge < -0.3 is 10.1 Å². The standard InChI is InChI=1S/C21H23ClN2O4S/c1-15-3-2-4-16(13-15)21(7-8-21)20(25)23-17-5-6-18(22)19(14-17)29(26,27)24-9-11-28-12-10-24/h2-6,13-14H,7-12H2,1H3,(H,23,25). The molecule has 1 aliphatic carbocycles. The number of carbonyl (C=O) groups is 1. The summed E-state index contributed by atoms with van der Waals surface area (Å²) in [6, 6.07) is 12.5. The van der Waals surface area contributed by atoms with Crippen molar-refractivity contribution in [1.82, 2.24) is 4.31 Å². The van der Waals surface area contributed by atoms with Crippen LogP contribution in [0.25, 0.3) is 0 Å². The zero-order chi connectivity index (χ0) is 20.6. The van der Waals surface area contributed by atoms with Crippen LogP contribution in [0.15, 0.2) is 47.4 Å². The van der Waals surface area contributed by atoms with Crippen molar-refractivity contribution < 1.29 is 17.9 Å². The lowest BCUT2D eigenvalue weighted by atomic mass is 9.93. The number of sulfonamides is 1. The maximum absolute atomic E-state index is 13.0. The van der Waals surface area contributed by atoms with E-state index in [1.807, 2.05) is 31.2 Å². The fourth-order valence-corrected chi connectivity index (χ4v) is 5.58. The summed E-state index contributed by atoms with van der Waals surface area (Å²) < 4.78 is 32.6. The minimum atomic E-state index is -3.76. The molecule has 8 heteroatoms. The molecule has 0 aromatic heterocycles. The van der Waals surface area contributed by atoms with E-state index in [1.165, 1.54) is 16.4 Å². The highest BCUT2D eigenvalue weighted by atomic mass is 35.5. The fourth-order valence-electron chi connectivity index (χ4n) is 3.67. The van der Waals surface area contributed by atoms with Crippen molar-refractivity contribution in [3.05, 3.63) is 58.6 Å². The largest absolute Gasteiger partial charge is 0.379 e. The van der Waals surface area contributed by atoms with Gasteiger partial charge in [0.2, 0.25) is 15.9 Å². The second-order valence-corrected chi connectivity index (χ2v) is 9.88. The van der Waals surface area contributed by atoms with Crippen LogP contribution in [-0.2, 0) is 25.0 Å². The van der Waals surface area contributed by atoms with Gasteiger partial charge in [-0.15, -0.1) is 0 Å². The lowest BCUT2D eigenvalue weighted by molar-refractivity contribution is -0.118. The maximum Gasteiger partial charge on any atom is 0.244 e. The van der Waals surface area contributed by atoms with Crippen molar-refractivity contribution in [3.8, 4) is 0 Å². The number of anilines is 1. The monoisotopic (exact) mass is 434 g/mol.